The maximum atomic E-state index is 12.6. The fourth-order valence-electron chi connectivity index (χ4n) is 2.21. The van der Waals surface area contributed by atoms with Crippen molar-refractivity contribution in [1.82, 2.24) is 19.7 Å². The van der Waals surface area contributed by atoms with Crippen LogP contribution in [0.1, 0.15) is 51.6 Å². The van der Waals surface area contributed by atoms with Gasteiger partial charge in [0.05, 0.1) is 10.8 Å². The molecule has 0 aliphatic heterocycles. The summed E-state index contributed by atoms with van der Waals surface area (Å²) < 4.78 is 7.80. The van der Waals surface area contributed by atoms with Gasteiger partial charge in [0.15, 0.2) is 11.0 Å². The molecule has 3 aromatic rings. The quantitative estimate of drug-likeness (QED) is 0.514. The molecule has 0 amide bonds. The number of thiophene rings is 1. The van der Waals surface area contributed by atoms with E-state index in [1.54, 1.807) is 4.57 Å². The number of hydrogen-bond acceptors (Lipinski definition) is 7. The summed E-state index contributed by atoms with van der Waals surface area (Å²) in [4.78, 5) is 21.7. The first-order chi connectivity index (χ1) is 11.3. The molecule has 0 radical (unpaired) electrons. The van der Waals surface area contributed by atoms with Gasteiger partial charge < -0.3 is 4.52 Å². The van der Waals surface area contributed by atoms with Crippen LogP contribution in [0.15, 0.2) is 25.9 Å². The summed E-state index contributed by atoms with van der Waals surface area (Å²) in [5.41, 5.74) is 0.587. The van der Waals surface area contributed by atoms with Crippen LogP contribution in [-0.4, -0.2) is 19.7 Å². The molecule has 1 unspecified atom stereocenters. The maximum absolute atomic E-state index is 12.6. The normalized spacial score (nSPS) is 13.5. The highest BCUT2D eigenvalue weighted by atomic mass is 32.2. The van der Waals surface area contributed by atoms with Crippen molar-refractivity contribution in [2.45, 2.75) is 57.0 Å². The lowest BCUT2D eigenvalue weighted by atomic mass is 9.96. The summed E-state index contributed by atoms with van der Waals surface area (Å²) in [6, 6.07) is 1.88. The highest BCUT2D eigenvalue weighted by Gasteiger charge is 2.24. The predicted molar refractivity (Wildman–Crippen MR) is 96.8 cm³/mol. The molecule has 0 aliphatic carbocycles. The van der Waals surface area contributed by atoms with Crippen molar-refractivity contribution >= 4 is 33.3 Å². The van der Waals surface area contributed by atoms with Crippen LogP contribution in [0.2, 0.25) is 0 Å². The SMILES string of the molecule is CCn1c(SC(C)c2nc(C(C)(C)C)no2)nc2ccsc2c1=O. The van der Waals surface area contributed by atoms with Gasteiger partial charge >= 0.3 is 0 Å². The zero-order chi connectivity index (χ0) is 17.5. The highest BCUT2D eigenvalue weighted by molar-refractivity contribution is 7.99. The van der Waals surface area contributed by atoms with E-state index in [-0.39, 0.29) is 16.2 Å². The molecule has 1 atom stereocenters. The molecule has 0 N–H and O–H groups in total. The summed E-state index contributed by atoms with van der Waals surface area (Å²) >= 11 is 2.89. The molecular weight excluding hydrogens is 344 g/mol. The lowest BCUT2D eigenvalue weighted by Gasteiger charge is -2.12. The fraction of sp³-hybridized carbons (Fsp3) is 0.500. The summed E-state index contributed by atoms with van der Waals surface area (Å²) in [7, 11) is 0. The van der Waals surface area contributed by atoms with Crippen LogP contribution >= 0.6 is 23.1 Å². The number of fused-ring (bicyclic) bond motifs is 1. The van der Waals surface area contributed by atoms with Crippen LogP contribution in [0.5, 0.6) is 0 Å². The van der Waals surface area contributed by atoms with E-state index in [9.17, 15) is 4.79 Å². The Kier molecular flexibility index (Phi) is 4.52. The monoisotopic (exact) mass is 364 g/mol. The van der Waals surface area contributed by atoms with Gasteiger partial charge in [-0.15, -0.1) is 11.3 Å². The van der Waals surface area contributed by atoms with Gasteiger partial charge in [-0.3, -0.25) is 9.36 Å². The van der Waals surface area contributed by atoms with E-state index in [0.717, 1.165) is 5.52 Å². The highest BCUT2D eigenvalue weighted by Crippen LogP contribution is 2.34. The van der Waals surface area contributed by atoms with Gasteiger partial charge in [-0.05, 0) is 25.3 Å². The van der Waals surface area contributed by atoms with Crippen LogP contribution in [-0.2, 0) is 12.0 Å². The summed E-state index contributed by atoms with van der Waals surface area (Å²) in [5.74, 6) is 1.23. The van der Waals surface area contributed by atoms with Gasteiger partial charge in [0, 0.05) is 12.0 Å². The second-order valence-electron chi connectivity index (χ2n) is 6.55. The van der Waals surface area contributed by atoms with Crippen LogP contribution in [0.4, 0.5) is 0 Å². The first-order valence-corrected chi connectivity index (χ1v) is 9.56. The molecule has 0 saturated carbocycles. The summed E-state index contributed by atoms with van der Waals surface area (Å²) in [6.07, 6.45) is 0. The smallest absolute Gasteiger partial charge is 0.272 e. The molecule has 0 aromatic carbocycles. The molecule has 128 valence electrons. The molecule has 6 nitrogen and oxygen atoms in total. The minimum Gasteiger partial charge on any atom is -0.338 e. The number of nitrogens with zero attached hydrogens (tertiary/aromatic N) is 4. The van der Waals surface area contributed by atoms with Gasteiger partial charge in [0.1, 0.15) is 4.70 Å². The number of thioether (sulfide) groups is 1. The van der Waals surface area contributed by atoms with Crippen molar-refractivity contribution in [3.63, 3.8) is 0 Å². The molecule has 3 rings (SSSR count). The van der Waals surface area contributed by atoms with Crippen molar-refractivity contribution in [2.75, 3.05) is 0 Å². The molecule has 3 aromatic heterocycles. The Balaban J connectivity index is 1.94. The van der Waals surface area contributed by atoms with Crippen molar-refractivity contribution < 1.29 is 4.52 Å². The van der Waals surface area contributed by atoms with Crippen molar-refractivity contribution in [3.05, 3.63) is 33.5 Å². The lowest BCUT2D eigenvalue weighted by Crippen LogP contribution is -2.21. The van der Waals surface area contributed by atoms with E-state index < -0.39 is 0 Å². The second kappa shape index (κ2) is 6.33. The Hall–Kier alpha value is -1.67. The van der Waals surface area contributed by atoms with E-state index >= 15 is 0 Å². The van der Waals surface area contributed by atoms with E-state index in [0.29, 0.717) is 28.1 Å². The Morgan fingerprint density at radius 3 is 2.75 bits per heavy atom. The van der Waals surface area contributed by atoms with Crippen LogP contribution < -0.4 is 5.56 Å². The van der Waals surface area contributed by atoms with Crippen molar-refractivity contribution in [1.29, 1.82) is 0 Å². The number of rotatable bonds is 4. The second-order valence-corrected chi connectivity index (χ2v) is 8.77. The zero-order valence-corrected chi connectivity index (χ0v) is 16.0. The van der Waals surface area contributed by atoms with Gasteiger partial charge in [0.2, 0.25) is 5.89 Å². The number of aromatic nitrogens is 4. The summed E-state index contributed by atoms with van der Waals surface area (Å²) in [6.45, 7) is 10.6. The zero-order valence-electron chi connectivity index (χ0n) is 14.4. The minimum absolute atomic E-state index is 0.00751. The van der Waals surface area contributed by atoms with Crippen LogP contribution in [0, 0.1) is 0 Å². The van der Waals surface area contributed by atoms with Crippen molar-refractivity contribution in [2.24, 2.45) is 0 Å². The molecule has 0 bridgehead atoms. The van der Waals surface area contributed by atoms with Crippen LogP contribution in [0.3, 0.4) is 0 Å². The van der Waals surface area contributed by atoms with Gasteiger partial charge in [-0.25, -0.2) is 4.98 Å². The molecule has 24 heavy (non-hydrogen) atoms. The Labute approximate surface area is 148 Å². The fourth-order valence-corrected chi connectivity index (χ4v) is 3.99. The average molecular weight is 364 g/mol. The third kappa shape index (κ3) is 3.12. The first-order valence-electron chi connectivity index (χ1n) is 7.80. The van der Waals surface area contributed by atoms with E-state index in [1.807, 2.05) is 46.1 Å². The van der Waals surface area contributed by atoms with E-state index in [4.69, 9.17) is 4.52 Å². The topological polar surface area (TPSA) is 73.8 Å². The lowest BCUT2D eigenvalue weighted by molar-refractivity contribution is 0.364. The van der Waals surface area contributed by atoms with Crippen molar-refractivity contribution in [3.8, 4) is 0 Å². The molecule has 3 heterocycles. The van der Waals surface area contributed by atoms with E-state index in [2.05, 4.69) is 15.1 Å². The standard InChI is InChI=1S/C16H20N4O2S2/c1-6-20-13(21)11-10(7-8-23-11)17-15(20)24-9(2)12-18-14(19-22-12)16(3,4)5/h7-9H,6H2,1-5H3. The molecule has 0 aliphatic rings. The summed E-state index contributed by atoms with van der Waals surface area (Å²) in [5, 5.41) is 6.55. The molecular formula is C16H20N4O2S2. The molecule has 8 heteroatoms. The average Bonchev–Trinajstić information content (AvgIpc) is 3.16. The molecule has 0 spiro atoms. The molecule has 0 saturated heterocycles. The maximum Gasteiger partial charge on any atom is 0.272 e. The van der Waals surface area contributed by atoms with E-state index in [1.165, 1.54) is 23.1 Å². The van der Waals surface area contributed by atoms with Gasteiger partial charge in [-0.2, -0.15) is 4.98 Å². The third-order valence-electron chi connectivity index (χ3n) is 3.59. The predicted octanol–water partition coefficient (Wildman–Crippen LogP) is 4.01. The minimum atomic E-state index is -0.161. The van der Waals surface area contributed by atoms with Crippen LogP contribution in [0.25, 0.3) is 10.2 Å². The Morgan fingerprint density at radius 1 is 1.38 bits per heavy atom. The Bertz CT molecular complexity index is 920. The largest absolute Gasteiger partial charge is 0.338 e. The third-order valence-corrected chi connectivity index (χ3v) is 5.56. The first kappa shape index (κ1) is 17.2. The van der Waals surface area contributed by atoms with Gasteiger partial charge in [0.25, 0.3) is 5.56 Å². The molecule has 0 fully saturated rings. The van der Waals surface area contributed by atoms with Gasteiger partial charge in [-0.1, -0.05) is 37.7 Å². The Morgan fingerprint density at radius 2 is 2.12 bits per heavy atom. The number of hydrogen-bond donors (Lipinski definition) is 0.